The summed E-state index contributed by atoms with van der Waals surface area (Å²) >= 11 is 0. The van der Waals surface area contributed by atoms with Gasteiger partial charge < -0.3 is 5.73 Å². The average Bonchev–Trinajstić information content (AvgIpc) is 2.39. The summed E-state index contributed by atoms with van der Waals surface area (Å²) in [5.74, 6) is -2.08. The van der Waals surface area contributed by atoms with E-state index in [0.29, 0.717) is 0 Å². The fourth-order valence-electron chi connectivity index (χ4n) is 2.83. The van der Waals surface area contributed by atoms with E-state index >= 15 is 0 Å². The van der Waals surface area contributed by atoms with Gasteiger partial charge in [-0.05, 0) is 25.8 Å². The minimum absolute atomic E-state index is 0.0944. The predicted molar refractivity (Wildman–Crippen MR) is 72.9 cm³/mol. The van der Waals surface area contributed by atoms with Crippen LogP contribution in [0.3, 0.4) is 0 Å². The van der Waals surface area contributed by atoms with E-state index in [1.54, 1.807) is 6.92 Å². The van der Waals surface area contributed by atoms with Crippen LogP contribution in [0, 0.1) is 11.6 Å². The van der Waals surface area contributed by atoms with Crippen LogP contribution in [0.4, 0.5) is 8.78 Å². The van der Waals surface area contributed by atoms with Gasteiger partial charge in [0.1, 0.15) is 17.2 Å². The third-order valence-corrected chi connectivity index (χ3v) is 4.06. The molecule has 0 radical (unpaired) electrons. The van der Waals surface area contributed by atoms with Crippen LogP contribution in [0.15, 0.2) is 18.2 Å². The summed E-state index contributed by atoms with van der Waals surface area (Å²) in [6.07, 6.45) is 5.21. The lowest BCUT2D eigenvalue weighted by atomic mass is 9.86. The number of carbonyl (C=O) groups excluding carboxylic acids is 1. The Balaban J connectivity index is 2.30. The highest BCUT2D eigenvalue weighted by molar-refractivity contribution is 5.85. The van der Waals surface area contributed by atoms with Crippen molar-refractivity contribution >= 4 is 5.91 Å². The molecule has 3 N–H and O–H groups in total. The molecule has 0 heterocycles. The van der Waals surface area contributed by atoms with E-state index in [0.717, 1.165) is 37.8 Å². The van der Waals surface area contributed by atoms with E-state index in [9.17, 15) is 13.6 Å². The number of halogens is 2. The summed E-state index contributed by atoms with van der Waals surface area (Å²) in [6, 6.07) is 3.33. The predicted octanol–water partition coefficient (Wildman–Crippen LogP) is 2.59. The van der Waals surface area contributed by atoms with Crippen molar-refractivity contribution in [1.82, 2.24) is 5.32 Å². The maximum Gasteiger partial charge on any atom is 0.242 e. The van der Waals surface area contributed by atoms with Gasteiger partial charge in [-0.15, -0.1) is 0 Å². The third kappa shape index (κ3) is 2.98. The molecular formula is C15H20F2N2O. The van der Waals surface area contributed by atoms with Crippen molar-refractivity contribution in [3.8, 4) is 0 Å². The first-order valence-corrected chi connectivity index (χ1v) is 6.96. The molecule has 0 bridgehead atoms. The van der Waals surface area contributed by atoms with Crippen LogP contribution in [-0.2, 0) is 10.3 Å². The SMILES string of the molecule is CC(NC1CCCCC1)(C(N)=O)c1ccc(F)cc1F. The Morgan fingerprint density at radius 2 is 1.95 bits per heavy atom. The number of amides is 1. The number of nitrogens with two attached hydrogens (primary N) is 1. The minimum atomic E-state index is -1.32. The minimum Gasteiger partial charge on any atom is -0.368 e. The van der Waals surface area contributed by atoms with E-state index in [-0.39, 0.29) is 11.6 Å². The Labute approximate surface area is 117 Å². The smallest absolute Gasteiger partial charge is 0.242 e. The highest BCUT2D eigenvalue weighted by Gasteiger charge is 2.37. The molecule has 1 atom stereocenters. The van der Waals surface area contributed by atoms with E-state index < -0.39 is 23.1 Å². The van der Waals surface area contributed by atoms with E-state index in [1.807, 2.05) is 0 Å². The number of hydrogen-bond donors (Lipinski definition) is 2. The molecule has 0 aliphatic heterocycles. The van der Waals surface area contributed by atoms with Gasteiger partial charge in [-0.3, -0.25) is 10.1 Å². The highest BCUT2D eigenvalue weighted by atomic mass is 19.1. The number of carbonyl (C=O) groups is 1. The van der Waals surface area contributed by atoms with Crippen LogP contribution in [0.5, 0.6) is 0 Å². The molecule has 2 rings (SSSR count). The van der Waals surface area contributed by atoms with Gasteiger partial charge in [0, 0.05) is 17.7 Å². The first-order valence-electron chi connectivity index (χ1n) is 6.96. The van der Waals surface area contributed by atoms with Gasteiger partial charge in [0.2, 0.25) is 5.91 Å². The van der Waals surface area contributed by atoms with Crippen LogP contribution < -0.4 is 11.1 Å². The average molecular weight is 282 g/mol. The lowest BCUT2D eigenvalue weighted by Gasteiger charge is -2.35. The number of benzene rings is 1. The molecule has 1 aliphatic rings. The molecule has 3 nitrogen and oxygen atoms in total. The zero-order valence-electron chi connectivity index (χ0n) is 11.6. The number of hydrogen-bond acceptors (Lipinski definition) is 2. The van der Waals surface area contributed by atoms with Gasteiger partial charge in [0.15, 0.2) is 0 Å². The van der Waals surface area contributed by atoms with Gasteiger partial charge in [-0.25, -0.2) is 8.78 Å². The fraction of sp³-hybridized carbons (Fsp3) is 0.533. The van der Waals surface area contributed by atoms with Crippen LogP contribution >= 0.6 is 0 Å². The van der Waals surface area contributed by atoms with Gasteiger partial charge in [-0.2, -0.15) is 0 Å². The topological polar surface area (TPSA) is 55.1 Å². The number of primary amides is 1. The van der Waals surface area contributed by atoms with Gasteiger partial charge >= 0.3 is 0 Å². The fourth-order valence-corrected chi connectivity index (χ4v) is 2.83. The Morgan fingerprint density at radius 1 is 1.30 bits per heavy atom. The largest absolute Gasteiger partial charge is 0.368 e. The van der Waals surface area contributed by atoms with Gasteiger partial charge in [0.05, 0.1) is 0 Å². The van der Waals surface area contributed by atoms with Crippen LogP contribution in [0.2, 0.25) is 0 Å². The monoisotopic (exact) mass is 282 g/mol. The molecule has 1 amide bonds. The van der Waals surface area contributed by atoms with Gasteiger partial charge in [-0.1, -0.05) is 25.3 Å². The normalized spacial score (nSPS) is 19.6. The Hall–Kier alpha value is -1.49. The molecular weight excluding hydrogens is 262 g/mol. The third-order valence-electron chi connectivity index (χ3n) is 4.06. The summed E-state index contributed by atoms with van der Waals surface area (Å²) in [6.45, 7) is 1.56. The van der Waals surface area contributed by atoms with Crippen LogP contribution in [0.25, 0.3) is 0 Å². The van der Waals surface area contributed by atoms with Crippen molar-refractivity contribution < 1.29 is 13.6 Å². The molecule has 1 saturated carbocycles. The molecule has 5 heteroatoms. The van der Waals surface area contributed by atoms with Crippen molar-refractivity contribution in [2.45, 2.75) is 50.6 Å². The lowest BCUT2D eigenvalue weighted by molar-refractivity contribution is -0.124. The second kappa shape index (κ2) is 5.87. The zero-order chi connectivity index (χ0) is 14.8. The molecule has 1 aliphatic carbocycles. The van der Waals surface area contributed by atoms with Crippen molar-refractivity contribution in [2.75, 3.05) is 0 Å². The summed E-state index contributed by atoms with van der Waals surface area (Å²) < 4.78 is 27.0. The maximum atomic E-state index is 14.0. The first kappa shape index (κ1) is 14.9. The molecule has 1 aromatic rings. The van der Waals surface area contributed by atoms with Crippen LogP contribution in [-0.4, -0.2) is 11.9 Å². The zero-order valence-corrected chi connectivity index (χ0v) is 11.6. The van der Waals surface area contributed by atoms with Crippen molar-refractivity contribution in [3.05, 3.63) is 35.4 Å². The molecule has 1 unspecified atom stereocenters. The second-order valence-electron chi connectivity index (χ2n) is 5.59. The Bertz CT molecular complexity index is 501. The van der Waals surface area contributed by atoms with E-state index in [2.05, 4.69) is 5.32 Å². The number of nitrogens with one attached hydrogen (secondary N) is 1. The van der Waals surface area contributed by atoms with Crippen molar-refractivity contribution in [2.24, 2.45) is 5.73 Å². The quantitative estimate of drug-likeness (QED) is 0.892. The number of rotatable bonds is 4. The summed E-state index contributed by atoms with van der Waals surface area (Å²) in [5, 5.41) is 3.17. The van der Waals surface area contributed by atoms with Gasteiger partial charge in [0.25, 0.3) is 0 Å². The van der Waals surface area contributed by atoms with Crippen molar-refractivity contribution in [1.29, 1.82) is 0 Å². The molecule has 110 valence electrons. The maximum absolute atomic E-state index is 14.0. The summed E-state index contributed by atoms with van der Waals surface area (Å²) in [5.41, 5.74) is 4.24. The Morgan fingerprint density at radius 3 is 2.50 bits per heavy atom. The molecule has 20 heavy (non-hydrogen) atoms. The molecule has 0 spiro atoms. The first-order chi connectivity index (χ1) is 9.43. The lowest BCUT2D eigenvalue weighted by Crippen LogP contribution is -2.55. The standard InChI is InChI=1S/C15H20F2N2O/c1-15(14(18)20,19-11-5-3-2-4-6-11)12-8-7-10(16)9-13(12)17/h7-9,11,19H,2-6H2,1H3,(H2,18,20). The molecule has 1 aromatic carbocycles. The van der Waals surface area contributed by atoms with Crippen LogP contribution in [0.1, 0.15) is 44.6 Å². The molecule has 0 aromatic heterocycles. The summed E-state index contributed by atoms with van der Waals surface area (Å²) in [7, 11) is 0. The second-order valence-corrected chi connectivity index (χ2v) is 5.59. The van der Waals surface area contributed by atoms with E-state index in [1.165, 1.54) is 12.5 Å². The van der Waals surface area contributed by atoms with Crippen molar-refractivity contribution in [3.63, 3.8) is 0 Å². The van der Waals surface area contributed by atoms with E-state index in [4.69, 9.17) is 5.73 Å². The molecule has 0 saturated heterocycles. The summed E-state index contributed by atoms with van der Waals surface area (Å²) in [4.78, 5) is 11.8. The molecule has 1 fully saturated rings. The highest BCUT2D eigenvalue weighted by Crippen LogP contribution is 2.28. The Kier molecular flexibility index (Phi) is 4.38.